The summed E-state index contributed by atoms with van der Waals surface area (Å²) in [5, 5.41) is 11.1. The molecule has 126 valence electrons. The van der Waals surface area contributed by atoms with Crippen LogP contribution < -0.4 is 10.2 Å². The predicted molar refractivity (Wildman–Crippen MR) is 90.6 cm³/mol. The normalized spacial score (nSPS) is 17.6. The Morgan fingerprint density at radius 3 is 2.75 bits per heavy atom. The number of carbonyl (C=O) groups excluding carboxylic acids is 1. The van der Waals surface area contributed by atoms with Crippen LogP contribution in [0.3, 0.4) is 0 Å². The van der Waals surface area contributed by atoms with Crippen LogP contribution in [0.1, 0.15) is 34.3 Å². The third-order valence-corrected chi connectivity index (χ3v) is 4.34. The highest BCUT2D eigenvalue weighted by Gasteiger charge is 2.23. The monoisotopic (exact) mass is 328 g/mol. The summed E-state index contributed by atoms with van der Waals surface area (Å²) in [6.07, 6.45) is 3.54. The highest BCUT2D eigenvalue weighted by atomic mass is 19.1. The average molecular weight is 328 g/mol. The molecule has 1 aromatic heterocycles. The van der Waals surface area contributed by atoms with Gasteiger partial charge in [0.15, 0.2) is 5.82 Å². The first kappa shape index (κ1) is 16.4. The maximum absolute atomic E-state index is 13.7. The number of piperidine rings is 1. The first-order valence-corrected chi connectivity index (χ1v) is 8.15. The van der Waals surface area contributed by atoms with E-state index in [4.69, 9.17) is 0 Å². The zero-order valence-electron chi connectivity index (χ0n) is 13.9. The van der Waals surface area contributed by atoms with E-state index in [1.807, 2.05) is 12.1 Å². The van der Waals surface area contributed by atoms with Gasteiger partial charge < -0.3 is 10.2 Å². The Bertz CT molecular complexity index is 712. The lowest BCUT2D eigenvalue weighted by molar-refractivity contribution is 0.0933. The molecule has 0 bridgehead atoms. The van der Waals surface area contributed by atoms with E-state index in [9.17, 15) is 9.18 Å². The number of rotatable bonds is 3. The van der Waals surface area contributed by atoms with E-state index in [1.54, 1.807) is 32.2 Å². The molecule has 1 amide bonds. The minimum absolute atomic E-state index is 0.0407. The molecule has 1 N–H and O–H groups in total. The van der Waals surface area contributed by atoms with E-state index in [2.05, 4.69) is 20.4 Å². The molecule has 1 atom stereocenters. The van der Waals surface area contributed by atoms with Gasteiger partial charge in [0.05, 0.1) is 0 Å². The highest BCUT2D eigenvalue weighted by Crippen LogP contribution is 2.18. The molecule has 3 rings (SSSR count). The fraction of sp³-hybridized carbons (Fsp3) is 0.389. The number of anilines is 1. The molecule has 1 aliphatic heterocycles. The van der Waals surface area contributed by atoms with Crippen molar-refractivity contribution in [1.29, 1.82) is 0 Å². The van der Waals surface area contributed by atoms with Crippen molar-refractivity contribution in [2.24, 2.45) is 0 Å². The fourth-order valence-corrected chi connectivity index (χ4v) is 3.11. The van der Waals surface area contributed by atoms with Gasteiger partial charge in [-0.1, -0.05) is 0 Å². The number of nitrogens with one attached hydrogen (secondary N) is 1. The van der Waals surface area contributed by atoms with Crippen molar-refractivity contribution in [3.05, 3.63) is 53.0 Å². The second-order valence-corrected chi connectivity index (χ2v) is 6.26. The Labute approximate surface area is 140 Å². The Hall–Kier alpha value is -2.50. The van der Waals surface area contributed by atoms with Gasteiger partial charge in [0.2, 0.25) is 0 Å². The molecule has 1 aromatic carbocycles. The van der Waals surface area contributed by atoms with Gasteiger partial charge in [0.25, 0.3) is 5.91 Å². The number of aromatic nitrogens is 2. The molecule has 2 heterocycles. The lowest BCUT2D eigenvalue weighted by atomic mass is 10.0. The van der Waals surface area contributed by atoms with Crippen LogP contribution in [0.2, 0.25) is 0 Å². The number of aryl methyl sites for hydroxylation is 2. The molecular formula is C18H21FN4O. The number of benzene rings is 1. The smallest absolute Gasteiger partial charge is 0.251 e. The first-order valence-electron chi connectivity index (χ1n) is 8.15. The molecule has 0 unspecified atom stereocenters. The number of carbonyl (C=O) groups is 1. The first-order chi connectivity index (χ1) is 11.5. The number of hydrogen-bond acceptors (Lipinski definition) is 4. The largest absolute Gasteiger partial charge is 0.353 e. The SMILES string of the molecule is Cc1cc(C(=O)N[C@@H]2CCCN(c3cccnn3)C2)cc(C)c1F. The van der Waals surface area contributed by atoms with Gasteiger partial charge in [-0.25, -0.2) is 4.39 Å². The highest BCUT2D eigenvalue weighted by molar-refractivity contribution is 5.94. The average Bonchev–Trinajstić information content (AvgIpc) is 2.60. The number of hydrogen-bond donors (Lipinski definition) is 1. The van der Waals surface area contributed by atoms with E-state index in [0.29, 0.717) is 23.2 Å². The topological polar surface area (TPSA) is 58.1 Å². The molecule has 1 fully saturated rings. The van der Waals surface area contributed by atoms with Gasteiger partial charge >= 0.3 is 0 Å². The minimum atomic E-state index is -0.252. The van der Waals surface area contributed by atoms with Gasteiger partial charge in [0, 0.05) is 30.9 Å². The zero-order chi connectivity index (χ0) is 17.1. The van der Waals surface area contributed by atoms with Gasteiger partial charge in [0.1, 0.15) is 5.82 Å². The predicted octanol–water partition coefficient (Wildman–Crippen LogP) is 2.63. The van der Waals surface area contributed by atoms with E-state index < -0.39 is 0 Å². The number of amides is 1. The van der Waals surface area contributed by atoms with Crippen LogP contribution in [0.5, 0.6) is 0 Å². The molecule has 1 aliphatic rings. The van der Waals surface area contributed by atoms with Crippen LogP contribution in [0, 0.1) is 19.7 Å². The quantitative estimate of drug-likeness (QED) is 0.941. The second kappa shape index (κ2) is 6.95. The maximum Gasteiger partial charge on any atom is 0.251 e. The fourth-order valence-electron chi connectivity index (χ4n) is 3.11. The summed E-state index contributed by atoms with van der Waals surface area (Å²) in [4.78, 5) is 14.6. The Kier molecular flexibility index (Phi) is 4.74. The summed E-state index contributed by atoms with van der Waals surface area (Å²) in [5.74, 6) is 0.412. The van der Waals surface area contributed by atoms with Gasteiger partial charge in [-0.2, -0.15) is 5.10 Å². The lowest BCUT2D eigenvalue weighted by Crippen LogP contribution is -2.48. The van der Waals surface area contributed by atoms with Crippen molar-refractivity contribution in [3.8, 4) is 0 Å². The summed E-state index contributed by atoms with van der Waals surface area (Å²) in [6.45, 7) is 4.95. The summed E-state index contributed by atoms with van der Waals surface area (Å²) in [5.41, 5.74) is 1.48. The number of halogens is 1. The van der Waals surface area contributed by atoms with Crippen molar-refractivity contribution >= 4 is 11.7 Å². The summed E-state index contributed by atoms with van der Waals surface area (Å²) in [6, 6.07) is 7.01. The Morgan fingerprint density at radius 1 is 1.33 bits per heavy atom. The molecular weight excluding hydrogens is 307 g/mol. The van der Waals surface area contributed by atoms with E-state index in [1.165, 1.54) is 0 Å². The van der Waals surface area contributed by atoms with Crippen molar-refractivity contribution in [2.45, 2.75) is 32.7 Å². The van der Waals surface area contributed by atoms with Crippen LogP contribution in [0.15, 0.2) is 30.5 Å². The molecule has 1 saturated heterocycles. The van der Waals surface area contributed by atoms with Crippen LogP contribution >= 0.6 is 0 Å². The van der Waals surface area contributed by atoms with E-state index >= 15 is 0 Å². The maximum atomic E-state index is 13.7. The zero-order valence-corrected chi connectivity index (χ0v) is 13.9. The molecule has 2 aromatic rings. The van der Waals surface area contributed by atoms with Gasteiger partial charge in [-0.3, -0.25) is 4.79 Å². The summed E-state index contributed by atoms with van der Waals surface area (Å²) >= 11 is 0. The number of nitrogens with zero attached hydrogens (tertiary/aromatic N) is 3. The molecule has 0 radical (unpaired) electrons. The molecule has 0 saturated carbocycles. The third-order valence-electron chi connectivity index (χ3n) is 4.34. The second-order valence-electron chi connectivity index (χ2n) is 6.26. The Morgan fingerprint density at radius 2 is 2.08 bits per heavy atom. The molecule has 0 spiro atoms. The Balaban J connectivity index is 1.68. The molecule has 5 nitrogen and oxygen atoms in total. The third kappa shape index (κ3) is 3.53. The van der Waals surface area contributed by atoms with E-state index in [-0.39, 0.29) is 17.8 Å². The minimum Gasteiger partial charge on any atom is -0.353 e. The van der Waals surface area contributed by atoms with Crippen molar-refractivity contribution < 1.29 is 9.18 Å². The lowest BCUT2D eigenvalue weighted by Gasteiger charge is -2.33. The van der Waals surface area contributed by atoms with Gasteiger partial charge in [-0.05, 0) is 62.1 Å². The summed E-state index contributed by atoms with van der Waals surface area (Å²) < 4.78 is 13.7. The standard InChI is InChI=1S/C18H21FN4O/c1-12-9-14(10-13(2)17(12)19)18(24)21-15-5-4-8-23(11-15)16-6-3-7-20-22-16/h3,6-7,9-10,15H,4-5,8,11H2,1-2H3,(H,21,24)/t15-/m1/s1. The van der Waals surface area contributed by atoms with E-state index in [0.717, 1.165) is 25.2 Å². The van der Waals surface area contributed by atoms with Crippen molar-refractivity contribution in [3.63, 3.8) is 0 Å². The molecule has 24 heavy (non-hydrogen) atoms. The van der Waals surface area contributed by atoms with Crippen LogP contribution in [0.25, 0.3) is 0 Å². The molecule has 6 heteroatoms. The molecule has 0 aliphatic carbocycles. The van der Waals surface area contributed by atoms with Crippen molar-refractivity contribution in [1.82, 2.24) is 15.5 Å². The van der Waals surface area contributed by atoms with Gasteiger partial charge in [-0.15, -0.1) is 5.10 Å². The summed E-state index contributed by atoms with van der Waals surface area (Å²) in [7, 11) is 0. The van der Waals surface area contributed by atoms with Crippen molar-refractivity contribution in [2.75, 3.05) is 18.0 Å². The van der Waals surface area contributed by atoms with Crippen LogP contribution in [-0.4, -0.2) is 35.2 Å². The van der Waals surface area contributed by atoms with Crippen LogP contribution in [0.4, 0.5) is 10.2 Å². The van der Waals surface area contributed by atoms with Crippen LogP contribution in [-0.2, 0) is 0 Å².